The molecule has 0 amide bonds. The molecule has 1 aliphatic rings. The molecule has 0 spiro atoms. The fourth-order valence-corrected chi connectivity index (χ4v) is 1.84. The average molecular weight is 262 g/mol. The second-order valence-electron chi connectivity index (χ2n) is 3.79. The van der Waals surface area contributed by atoms with Crippen molar-refractivity contribution < 1.29 is 19.3 Å². The molecule has 0 aromatic carbocycles. The van der Waals surface area contributed by atoms with Gasteiger partial charge in [0.2, 0.25) is 0 Å². The molecular weight excluding hydrogens is 251 g/mol. The van der Waals surface area contributed by atoms with Gasteiger partial charge in [-0.15, -0.1) is 0 Å². The Hall–Kier alpha value is -1.09. The van der Waals surface area contributed by atoms with Crippen molar-refractivity contribution >= 4 is 12.2 Å². The number of hydrogen-bond acceptors (Lipinski definition) is 5. The number of alkyl halides is 1. The van der Waals surface area contributed by atoms with Gasteiger partial charge in [0.25, 0.3) is 5.85 Å². The van der Waals surface area contributed by atoms with E-state index in [-0.39, 0.29) is 11.1 Å². The summed E-state index contributed by atoms with van der Waals surface area (Å²) in [6.07, 6.45) is -1.22. The number of nitrogens with zero attached hydrogens (tertiary/aromatic N) is 1. The van der Waals surface area contributed by atoms with Gasteiger partial charge in [0.05, 0.1) is 0 Å². The molecule has 3 atom stereocenters. The normalized spacial score (nSPS) is 32.9. The van der Waals surface area contributed by atoms with Crippen LogP contribution in [0, 0.1) is 4.64 Å². The molecule has 0 aliphatic carbocycles. The van der Waals surface area contributed by atoms with Crippen LogP contribution in [0.3, 0.4) is 0 Å². The number of aromatic nitrogens is 2. The van der Waals surface area contributed by atoms with Crippen molar-refractivity contribution in [3.05, 3.63) is 27.4 Å². The highest BCUT2D eigenvalue weighted by Crippen LogP contribution is 2.36. The SMILES string of the molecule is O=c1[nH]c(=S)ccn1[C@H]1C[C@H](O)[C@@](F)(CO)O1. The molecule has 1 aromatic heterocycles. The number of rotatable bonds is 2. The van der Waals surface area contributed by atoms with Gasteiger partial charge in [0, 0.05) is 12.6 Å². The Labute approximate surface area is 100 Å². The molecular formula is C9H11FN2O4S. The molecule has 0 saturated carbocycles. The van der Waals surface area contributed by atoms with Gasteiger partial charge in [0.15, 0.2) is 0 Å². The van der Waals surface area contributed by atoms with Gasteiger partial charge in [-0.25, -0.2) is 9.18 Å². The second-order valence-corrected chi connectivity index (χ2v) is 4.23. The maximum Gasteiger partial charge on any atom is 0.328 e. The molecule has 0 unspecified atom stereocenters. The maximum absolute atomic E-state index is 13.7. The summed E-state index contributed by atoms with van der Waals surface area (Å²) < 4.78 is 19.9. The first-order valence-corrected chi connectivity index (χ1v) is 5.34. The van der Waals surface area contributed by atoms with Crippen LogP contribution in [0.1, 0.15) is 12.6 Å². The predicted molar refractivity (Wildman–Crippen MR) is 57.6 cm³/mol. The van der Waals surface area contributed by atoms with E-state index in [1.165, 1.54) is 12.3 Å². The van der Waals surface area contributed by atoms with Crippen molar-refractivity contribution in [2.24, 2.45) is 0 Å². The van der Waals surface area contributed by atoms with Crippen molar-refractivity contribution in [1.82, 2.24) is 9.55 Å². The molecule has 2 heterocycles. The van der Waals surface area contributed by atoms with Crippen molar-refractivity contribution in [2.45, 2.75) is 24.6 Å². The third kappa shape index (κ3) is 2.16. The van der Waals surface area contributed by atoms with Gasteiger partial charge in [-0.3, -0.25) is 9.55 Å². The van der Waals surface area contributed by atoms with Gasteiger partial charge < -0.3 is 14.9 Å². The summed E-state index contributed by atoms with van der Waals surface area (Å²) in [5.74, 6) is -2.53. The van der Waals surface area contributed by atoms with Gasteiger partial charge in [-0.1, -0.05) is 12.2 Å². The number of H-pyrrole nitrogens is 1. The lowest BCUT2D eigenvalue weighted by molar-refractivity contribution is -0.207. The number of aromatic amines is 1. The summed E-state index contributed by atoms with van der Waals surface area (Å²) in [4.78, 5) is 13.9. The predicted octanol–water partition coefficient (Wildman–Crippen LogP) is -0.156. The Bertz CT molecular complexity index is 530. The number of nitrogens with one attached hydrogen (secondary N) is 1. The number of hydrogen-bond donors (Lipinski definition) is 3. The maximum atomic E-state index is 13.7. The van der Waals surface area contributed by atoms with Crippen molar-refractivity contribution in [3.63, 3.8) is 0 Å². The van der Waals surface area contributed by atoms with E-state index in [2.05, 4.69) is 4.98 Å². The molecule has 1 aliphatic heterocycles. The van der Waals surface area contributed by atoms with E-state index in [0.29, 0.717) is 0 Å². The van der Waals surface area contributed by atoms with Crippen LogP contribution >= 0.6 is 12.2 Å². The van der Waals surface area contributed by atoms with Crippen LogP contribution in [0.4, 0.5) is 4.39 Å². The van der Waals surface area contributed by atoms with Gasteiger partial charge in [-0.05, 0) is 6.07 Å². The largest absolute Gasteiger partial charge is 0.390 e. The Balaban J connectivity index is 2.32. The minimum atomic E-state index is -2.53. The van der Waals surface area contributed by atoms with E-state index in [0.717, 1.165) is 4.57 Å². The van der Waals surface area contributed by atoms with Crippen molar-refractivity contribution in [1.29, 1.82) is 0 Å². The zero-order chi connectivity index (χ0) is 12.6. The quantitative estimate of drug-likeness (QED) is 0.645. The topological polar surface area (TPSA) is 87.5 Å². The second kappa shape index (κ2) is 4.30. The van der Waals surface area contributed by atoms with Crippen LogP contribution in [-0.4, -0.2) is 38.3 Å². The van der Waals surface area contributed by atoms with Crippen LogP contribution in [0.25, 0.3) is 0 Å². The van der Waals surface area contributed by atoms with E-state index >= 15 is 0 Å². The van der Waals surface area contributed by atoms with E-state index in [1.54, 1.807) is 0 Å². The van der Waals surface area contributed by atoms with Crippen LogP contribution in [-0.2, 0) is 4.74 Å². The first kappa shape index (κ1) is 12.4. The number of ether oxygens (including phenoxy) is 1. The van der Waals surface area contributed by atoms with Gasteiger partial charge in [0.1, 0.15) is 23.6 Å². The van der Waals surface area contributed by atoms with E-state index in [4.69, 9.17) is 22.1 Å². The summed E-state index contributed by atoms with van der Waals surface area (Å²) in [6, 6.07) is 1.45. The van der Waals surface area contributed by atoms with E-state index in [1.807, 2.05) is 0 Å². The molecule has 8 heteroatoms. The number of aliphatic hydroxyl groups is 2. The Kier molecular flexibility index (Phi) is 3.13. The summed E-state index contributed by atoms with van der Waals surface area (Å²) in [6.45, 7) is -0.970. The molecule has 94 valence electrons. The van der Waals surface area contributed by atoms with Crippen LogP contribution in [0.2, 0.25) is 0 Å². The minimum Gasteiger partial charge on any atom is -0.390 e. The number of halogens is 1. The highest BCUT2D eigenvalue weighted by atomic mass is 32.1. The zero-order valence-corrected chi connectivity index (χ0v) is 9.48. The minimum absolute atomic E-state index is 0.123. The summed E-state index contributed by atoms with van der Waals surface area (Å²) >= 11 is 4.75. The fraction of sp³-hybridized carbons (Fsp3) is 0.556. The first-order valence-electron chi connectivity index (χ1n) is 4.93. The molecule has 1 aromatic rings. The lowest BCUT2D eigenvalue weighted by atomic mass is 10.1. The molecule has 2 rings (SSSR count). The molecule has 6 nitrogen and oxygen atoms in total. The highest BCUT2D eigenvalue weighted by Gasteiger charge is 2.49. The van der Waals surface area contributed by atoms with E-state index < -0.39 is 30.5 Å². The molecule has 17 heavy (non-hydrogen) atoms. The van der Waals surface area contributed by atoms with Crippen LogP contribution < -0.4 is 5.69 Å². The molecule has 3 N–H and O–H groups in total. The Morgan fingerprint density at radius 3 is 3.00 bits per heavy atom. The smallest absolute Gasteiger partial charge is 0.328 e. The first-order chi connectivity index (χ1) is 7.96. The van der Waals surface area contributed by atoms with Crippen LogP contribution in [0.5, 0.6) is 0 Å². The zero-order valence-electron chi connectivity index (χ0n) is 8.67. The standard InChI is InChI=1S/C9H11FN2O4S/c10-9(4-13)5(14)3-7(16-9)12-2-1-6(17)11-8(12)15/h1-2,5,7,13-14H,3-4H2,(H,11,15,17)/t5-,7+,9+/m0/s1. The summed E-state index contributed by atoms with van der Waals surface area (Å²) in [7, 11) is 0. The van der Waals surface area contributed by atoms with Gasteiger partial charge in [-0.2, -0.15) is 0 Å². The van der Waals surface area contributed by atoms with Crippen molar-refractivity contribution in [3.8, 4) is 0 Å². The lowest BCUT2D eigenvalue weighted by Crippen LogP contribution is -2.38. The number of aliphatic hydroxyl groups excluding tert-OH is 2. The fourth-order valence-electron chi connectivity index (χ4n) is 1.69. The summed E-state index contributed by atoms with van der Waals surface area (Å²) in [5.41, 5.74) is -0.558. The lowest BCUT2D eigenvalue weighted by Gasteiger charge is -2.20. The van der Waals surface area contributed by atoms with Crippen molar-refractivity contribution in [2.75, 3.05) is 6.61 Å². The molecule has 0 radical (unpaired) electrons. The third-order valence-corrected chi connectivity index (χ3v) is 2.87. The summed E-state index contributed by atoms with van der Waals surface area (Å²) in [5, 5.41) is 18.2. The Morgan fingerprint density at radius 2 is 2.47 bits per heavy atom. The van der Waals surface area contributed by atoms with Crippen LogP contribution in [0.15, 0.2) is 17.1 Å². The molecule has 1 saturated heterocycles. The third-order valence-electron chi connectivity index (χ3n) is 2.63. The highest BCUT2D eigenvalue weighted by molar-refractivity contribution is 7.71. The van der Waals surface area contributed by atoms with E-state index in [9.17, 15) is 14.3 Å². The van der Waals surface area contributed by atoms with Gasteiger partial charge >= 0.3 is 5.69 Å². The Morgan fingerprint density at radius 1 is 1.76 bits per heavy atom. The molecule has 0 bridgehead atoms. The molecule has 1 fully saturated rings. The monoisotopic (exact) mass is 262 g/mol. The average Bonchev–Trinajstić information content (AvgIpc) is 2.56.